The van der Waals surface area contributed by atoms with E-state index < -0.39 is 0 Å². The van der Waals surface area contributed by atoms with Crippen molar-refractivity contribution in [1.29, 1.82) is 0 Å². The molecule has 1 aliphatic heterocycles. The number of nitrogens with one attached hydrogen (secondary N) is 3. The maximum atomic E-state index is 12.4. The molecule has 3 rings (SSSR count). The number of quaternary nitrogens is 1. The Kier molecular flexibility index (Phi) is 5.24. The molecule has 0 spiro atoms. The third-order valence-electron chi connectivity index (χ3n) is 4.00. The van der Waals surface area contributed by atoms with Gasteiger partial charge in [-0.2, -0.15) is 0 Å². The summed E-state index contributed by atoms with van der Waals surface area (Å²) >= 11 is 1.38. The van der Waals surface area contributed by atoms with Gasteiger partial charge in [-0.05, 0) is 29.6 Å². The number of amides is 2. The third kappa shape index (κ3) is 4.19. The van der Waals surface area contributed by atoms with Gasteiger partial charge >= 0.3 is 0 Å². The Hall–Kier alpha value is -2.22. The Morgan fingerprint density at radius 3 is 2.62 bits per heavy atom. The summed E-state index contributed by atoms with van der Waals surface area (Å²) < 4.78 is 0. The number of hydrazine groups is 1. The van der Waals surface area contributed by atoms with Crippen molar-refractivity contribution in [3.63, 3.8) is 0 Å². The summed E-state index contributed by atoms with van der Waals surface area (Å²) in [5, 5.41) is 6.63. The average molecular weight is 345 g/mol. The van der Waals surface area contributed by atoms with E-state index in [0.717, 1.165) is 26.2 Å². The van der Waals surface area contributed by atoms with Crippen LogP contribution in [0.2, 0.25) is 0 Å². The maximum Gasteiger partial charge on any atom is 0.265 e. The maximum absolute atomic E-state index is 12.4. The van der Waals surface area contributed by atoms with Gasteiger partial charge < -0.3 is 10.2 Å². The molecule has 0 bridgehead atoms. The zero-order valence-corrected chi connectivity index (χ0v) is 14.4. The Morgan fingerprint density at radius 1 is 1.12 bits per heavy atom. The van der Waals surface area contributed by atoms with Crippen LogP contribution in [-0.2, 0) is 0 Å². The van der Waals surface area contributed by atoms with Crippen LogP contribution < -0.4 is 15.6 Å². The molecule has 0 saturated carbocycles. The minimum absolute atomic E-state index is 0.151. The summed E-state index contributed by atoms with van der Waals surface area (Å²) in [4.78, 5) is 26.6. The minimum atomic E-state index is -0.162. The number of hydrogen-bond donors (Lipinski definition) is 3. The van der Waals surface area contributed by atoms with E-state index in [1.807, 2.05) is 16.5 Å². The average Bonchev–Trinajstić information content (AvgIpc) is 3.12. The molecule has 1 fully saturated rings. The van der Waals surface area contributed by atoms with Crippen molar-refractivity contribution in [2.45, 2.75) is 0 Å². The molecule has 1 saturated heterocycles. The van der Waals surface area contributed by atoms with Crippen LogP contribution in [0.1, 0.15) is 20.0 Å². The lowest BCUT2D eigenvalue weighted by molar-refractivity contribution is -0.884. The molecule has 3 N–H and O–H groups in total. The molecule has 24 heavy (non-hydrogen) atoms. The molecule has 1 aromatic carbocycles. The van der Waals surface area contributed by atoms with Gasteiger partial charge in [0, 0.05) is 11.3 Å². The lowest BCUT2D eigenvalue weighted by Gasteiger charge is -2.30. The van der Waals surface area contributed by atoms with Gasteiger partial charge in [0.25, 0.3) is 11.8 Å². The second kappa shape index (κ2) is 7.57. The van der Waals surface area contributed by atoms with Crippen molar-refractivity contribution >= 4 is 28.8 Å². The van der Waals surface area contributed by atoms with Gasteiger partial charge in [-0.25, -0.2) is 5.01 Å². The van der Waals surface area contributed by atoms with Gasteiger partial charge in [0.15, 0.2) is 0 Å². The predicted molar refractivity (Wildman–Crippen MR) is 94.4 cm³/mol. The van der Waals surface area contributed by atoms with Crippen molar-refractivity contribution in [3.05, 3.63) is 52.2 Å². The summed E-state index contributed by atoms with van der Waals surface area (Å²) in [6.45, 7) is 3.70. The zero-order chi connectivity index (χ0) is 16.9. The lowest BCUT2D eigenvalue weighted by atomic mass is 10.2. The summed E-state index contributed by atoms with van der Waals surface area (Å²) in [6, 6.07) is 10.6. The van der Waals surface area contributed by atoms with E-state index in [-0.39, 0.29) is 11.8 Å². The van der Waals surface area contributed by atoms with E-state index in [0.29, 0.717) is 16.1 Å². The molecule has 2 heterocycles. The molecule has 6 nitrogen and oxygen atoms in total. The number of hydrogen-bond acceptors (Lipinski definition) is 4. The van der Waals surface area contributed by atoms with Gasteiger partial charge in [-0.15, -0.1) is 11.3 Å². The molecular formula is C17H21N4O2S+. The first-order chi connectivity index (χ1) is 11.6. The first kappa shape index (κ1) is 16.6. The van der Waals surface area contributed by atoms with E-state index in [1.54, 1.807) is 30.3 Å². The van der Waals surface area contributed by atoms with E-state index >= 15 is 0 Å². The quantitative estimate of drug-likeness (QED) is 0.755. The Bertz CT molecular complexity index is 709. The van der Waals surface area contributed by atoms with E-state index in [9.17, 15) is 9.59 Å². The molecule has 0 aliphatic carbocycles. The molecule has 7 heteroatoms. The third-order valence-corrected chi connectivity index (χ3v) is 4.87. The fourth-order valence-electron chi connectivity index (χ4n) is 2.55. The summed E-state index contributed by atoms with van der Waals surface area (Å²) in [6.07, 6.45) is 0. The Balaban J connectivity index is 1.62. The van der Waals surface area contributed by atoms with Crippen LogP contribution >= 0.6 is 11.3 Å². The largest absolute Gasteiger partial charge is 0.335 e. The van der Waals surface area contributed by atoms with Crippen LogP contribution in [-0.4, -0.2) is 50.0 Å². The molecule has 1 aromatic heterocycles. The van der Waals surface area contributed by atoms with Gasteiger partial charge in [0.1, 0.15) is 0 Å². The fourth-order valence-corrected chi connectivity index (χ4v) is 3.17. The van der Waals surface area contributed by atoms with Crippen LogP contribution in [0.25, 0.3) is 0 Å². The number of piperazine rings is 1. The number of thiophene rings is 1. The second-order valence-corrected chi connectivity index (χ2v) is 6.85. The molecule has 1 aliphatic rings. The molecule has 0 unspecified atom stereocenters. The van der Waals surface area contributed by atoms with E-state index in [1.165, 1.54) is 16.2 Å². The fraction of sp³-hybridized carbons (Fsp3) is 0.294. The molecule has 2 aromatic rings. The number of rotatable bonds is 4. The summed E-state index contributed by atoms with van der Waals surface area (Å²) in [5.41, 5.74) is 4.08. The zero-order valence-electron chi connectivity index (χ0n) is 13.5. The first-order valence-electron chi connectivity index (χ1n) is 7.94. The van der Waals surface area contributed by atoms with Crippen LogP contribution in [0.5, 0.6) is 0 Å². The number of anilines is 1. The predicted octanol–water partition coefficient (Wildman–Crippen LogP) is 0.476. The van der Waals surface area contributed by atoms with E-state index in [4.69, 9.17) is 0 Å². The van der Waals surface area contributed by atoms with Crippen LogP contribution in [0.3, 0.4) is 0 Å². The molecule has 0 radical (unpaired) electrons. The van der Waals surface area contributed by atoms with Gasteiger partial charge in [-0.1, -0.05) is 12.1 Å². The summed E-state index contributed by atoms with van der Waals surface area (Å²) in [5.74, 6) is -0.314. The second-order valence-electron chi connectivity index (χ2n) is 5.90. The highest BCUT2D eigenvalue weighted by Gasteiger charge is 2.19. The van der Waals surface area contributed by atoms with E-state index in [2.05, 4.69) is 17.8 Å². The van der Waals surface area contributed by atoms with Crippen molar-refractivity contribution in [3.8, 4) is 0 Å². The smallest absolute Gasteiger partial charge is 0.265 e. The van der Waals surface area contributed by atoms with Crippen molar-refractivity contribution in [2.75, 3.05) is 38.5 Å². The Morgan fingerprint density at radius 2 is 1.92 bits per heavy atom. The highest BCUT2D eigenvalue weighted by molar-refractivity contribution is 7.12. The Labute approximate surface area is 145 Å². The monoisotopic (exact) mass is 345 g/mol. The van der Waals surface area contributed by atoms with Crippen molar-refractivity contribution in [2.24, 2.45) is 0 Å². The molecular weight excluding hydrogens is 324 g/mol. The number of carbonyl (C=O) groups excluding carboxylic acids is 2. The van der Waals surface area contributed by atoms with Crippen LogP contribution in [0, 0.1) is 0 Å². The molecule has 126 valence electrons. The first-order valence-corrected chi connectivity index (χ1v) is 8.82. The van der Waals surface area contributed by atoms with Gasteiger partial charge in [-0.3, -0.25) is 15.0 Å². The standard InChI is InChI=1S/C17H20N4O2S/c1-20-7-9-21(10-8-20)19-16(22)13-4-2-5-14(12-13)18-17(23)15-6-3-11-24-15/h2-6,11-12H,7-10H2,1H3,(H,18,23)(H,19,22)/p+1. The molecule has 0 atom stereocenters. The lowest BCUT2D eigenvalue weighted by Crippen LogP contribution is -3.12. The SMILES string of the molecule is C[NH+]1CCN(NC(=O)c2cccc(NC(=O)c3cccs3)c2)CC1. The number of likely N-dealkylation sites (N-methyl/N-ethyl adjacent to an activating group) is 1. The van der Waals surface area contributed by atoms with Crippen LogP contribution in [0.4, 0.5) is 5.69 Å². The number of carbonyl (C=O) groups is 2. The normalized spacial score (nSPS) is 15.9. The minimum Gasteiger partial charge on any atom is -0.335 e. The number of benzene rings is 1. The molecule has 2 amide bonds. The van der Waals surface area contributed by atoms with Gasteiger partial charge in [0.2, 0.25) is 0 Å². The van der Waals surface area contributed by atoms with Crippen LogP contribution in [0.15, 0.2) is 41.8 Å². The topological polar surface area (TPSA) is 65.9 Å². The van der Waals surface area contributed by atoms with Crippen molar-refractivity contribution in [1.82, 2.24) is 10.4 Å². The highest BCUT2D eigenvalue weighted by Crippen LogP contribution is 2.15. The summed E-state index contributed by atoms with van der Waals surface area (Å²) in [7, 11) is 2.15. The van der Waals surface area contributed by atoms with Gasteiger partial charge in [0.05, 0.1) is 38.1 Å². The number of nitrogens with zero attached hydrogens (tertiary/aromatic N) is 1. The van der Waals surface area contributed by atoms with Crippen molar-refractivity contribution < 1.29 is 14.5 Å². The highest BCUT2D eigenvalue weighted by atomic mass is 32.1.